The number of carbonyl (C=O) groups is 1. The molecule has 0 aliphatic heterocycles. The minimum absolute atomic E-state index is 0.0545. The molecule has 0 amide bonds. The number of aromatic nitrogens is 2. The molecule has 0 fully saturated rings. The van der Waals surface area contributed by atoms with Gasteiger partial charge < -0.3 is 5.11 Å². The molecule has 0 aliphatic carbocycles. The fourth-order valence-electron chi connectivity index (χ4n) is 1.54. The van der Waals surface area contributed by atoms with E-state index in [-0.39, 0.29) is 6.42 Å². The van der Waals surface area contributed by atoms with Gasteiger partial charge in [-0.3, -0.25) is 4.79 Å². The molecule has 0 atom stereocenters. The number of halogens is 1. The highest BCUT2D eigenvalue weighted by Crippen LogP contribution is 2.24. The second-order valence-corrected chi connectivity index (χ2v) is 4.15. The zero-order chi connectivity index (χ0) is 13.0. The van der Waals surface area contributed by atoms with Gasteiger partial charge in [0.1, 0.15) is 0 Å². The van der Waals surface area contributed by atoms with Crippen LogP contribution in [-0.2, 0) is 11.2 Å². The predicted octanol–water partition coefficient (Wildman–Crippen LogP) is 2.81. The summed E-state index contributed by atoms with van der Waals surface area (Å²) in [5.41, 5.74) is 1.44. The number of carboxylic acids is 1. The molecule has 18 heavy (non-hydrogen) atoms. The average Bonchev–Trinajstić information content (AvgIpc) is 2.37. The maximum atomic E-state index is 10.5. The lowest BCUT2D eigenvalue weighted by molar-refractivity contribution is -0.136. The van der Waals surface area contributed by atoms with Crippen LogP contribution in [-0.4, -0.2) is 21.0 Å². The summed E-state index contributed by atoms with van der Waals surface area (Å²) in [5.74, 6) is -0.323. The summed E-state index contributed by atoms with van der Waals surface area (Å²) in [6.07, 6.45) is 2.05. The zero-order valence-corrected chi connectivity index (χ0v) is 10.3. The largest absolute Gasteiger partial charge is 0.481 e. The van der Waals surface area contributed by atoms with Crippen molar-refractivity contribution < 1.29 is 9.90 Å². The highest BCUT2D eigenvalue weighted by molar-refractivity contribution is 6.33. The van der Waals surface area contributed by atoms with E-state index >= 15 is 0 Å². The van der Waals surface area contributed by atoms with E-state index in [0.29, 0.717) is 23.0 Å². The second-order valence-electron chi connectivity index (χ2n) is 3.75. The lowest BCUT2D eigenvalue weighted by Gasteiger charge is -2.04. The Morgan fingerprint density at radius 2 is 2.06 bits per heavy atom. The van der Waals surface area contributed by atoms with Crippen molar-refractivity contribution in [1.29, 1.82) is 0 Å². The first-order chi connectivity index (χ1) is 8.66. The first-order valence-electron chi connectivity index (χ1n) is 5.45. The molecule has 2 rings (SSSR count). The molecule has 0 saturated carbocycles. The van der Waals surface area contributed by atoms with E-state index < -0.39 is 5.97 Å². The Labute approximate surface area is 109 Å². The average molecular weight is 263 g/mol. The third-order valence-electron chi connectivity index (χ3n) is 2.42. The molecule has 0 saturated heterocycles. The second kappa shape index (κ2) is 5.60. The molecule has 0 unspecified atom stereocenters. The smallest absolute Gasteiger partial charge is 0.303 e. The Morgan fingerprint density at radius 1 is 1.28 bits per heavy atom. The van der Waals surface area contributed by atoms with Gasteiger partial charge in [0, 0.05) is 23.9 Å². The van der Waals surface area contributed by atoms with Crippen molar-refractivity contribution in [2.75, 3.05) is 0 Å². The number of carboxylic acid groups (broad SMARTS) is 1. The standard InChI is InChI=1S/C13H11ClN2O2/c14-11-4-2-1-3-10(11)13-15-8-7-9(16-13)5-6-12(17)18/h1-4,7-8H,5-6H2,(H,17,18). The van der Waals surface area contributed by atoms with Gasteiger partial charge in [-0.1, -0.05) is 23.7 Å². The summed E-state index contributed by atoms with van der Waals surface area (Å²) in [7, 11) is 0. The number of hydrogen-bond donors (Lipinski definition) is 1. The molecule has 1 aromatic heterocycles. The van der Waals surface area contributed by atoms with E-state index in [1.807, 2.05) is 18.2 Å². The van der Waals surface area contributed by atoms with Crippen molar-refractivity contribution in [2.24, 2.45) is 0 Å². The van der Waals surface area contributed by atoms with E-state index in [4.69, 9.17) is 16.7 Å². The lowest BCUT2D eigenvalue weighted by Crippen LogP contribution is -2.01. The molecule has 0 bridgehead atoms. The fourth-order valence-corrected chi connectivity index (χ4v) is 1.76. The van der Waals surface area contributed by atoms with Crippen LogP contribution in [0.4, 0.5) is 0 Å². The van der Waals surface area contributed by atoms with Gasteiger partial charge in [-0.25, -0.2) is 9.97 Å². The van der Waals surface area contributed by atoms with E-state index in [0.717, 1.165) is 5.56 Å². The SMILES string of the molecule is O=C(O)CCc1ccnc(-c2ccccc2Cl)n1. The van der Waals surface area contributed by atoms with Crippen LogP contribution in [0.1, 0.15) is 12.1 Å². The quantitative estimate of drug-likeness (QED) is 0.920. The zero-order valence-electron chi connectivity index (χ0n) is 9.51. The van der Waals surface area contributed by atoms with Crippen molar-refractivity contribution >= 4 is 17.6 Å². The topological polar surface area (TPSA) is 63.1 Å². The van der Waals surface area contributed by atoms with Crippen LogP contribution in [0.2, 0.25) is 5.02 Å². The van der Waals surface area contributed by atoms with Crippen LogP contribution >= 0.6 is 11.6 Å². The van der Waals surface area contributed by atoms with Crippen LogP contribution in [0.15, 0.2) is 36.5 Å². The predicted molar refractivity (Wildman–Crippen MR) is 68.4 cm³/mol. The summed E-state index contributed by atoms with van der Waals surface area (Å²) < 4.78 is 0. The molecule has 0 aliphatic rings. The Bertz CT molecular complexity index is 572. The molecular formula is C13H11ClN2O2. The summed E-state index contributed by atoms with van der Waals surface area (Å²) in [5, 5.41) is 9.22. The number of aryl methyl sites for hydroxylation is 1. The number of benzene rings is 1. The molecule has 2 aromatic rings. The highest BCUT2D eigenvalue weighted by Gasteiger charge is 2.07. The normalized spacial score (nSPS) is 10.3. The van der Waals surface area contributed by atoms with Crippen LogP contribution in [0.25, 0.3) is 11.4 Å². The first kappa shape index (κ1) is 12.5. The van der Waals surface area contributed by atoms with Crippen LogP contribution < -0.4 is 0 Å². The van der Waals surface area contributed by atoms with Crippen molar-refractivity contribution in [3.05, 3.63) is 47.2 Å². The van der Waals surface area contributed by atoms with Crippen LogP contribution in [0.5, 0.6) is 0 Å². The van der Waals surface area contributed by atoms with Gasteiger partial charge in [-0.2, -0.15) is 0 Å². The van der Waals surface area contributed by atoms with Gasteiger partial charge in [-0.15, -0.1) is 0 Å². The molecule has 5 heteroatoms. The van der Waals surface area contributed by atoms with Crippen molar-refractivity contribution in [3.63, 3.8) is 0 Å². The third-order valence-corrected chi connectivity index (χ3v) is 2.75. The number of aliphatic carboxylic acids is 1. The Morgan fingerprint density at radius 3 is 2.78 bits per heavy atom. The van der Waals surface area contributed by atoms with Crippen LogP contribution in [0.3, 0.4) is 0 Å². The Hall–Kier alpha value is -1.94. The molecule has 92 valence electrons. The molecule has 1 heterocycles. The molecule has 1 aromatic carbocycles. The van der Waals surface area contributed by atoms with Crippen molar-refractivity contribution in [2.45, 2.75) is 12.8 Å². The van der Waals surface area contributed by atoms with Crippen molar-refractivity contribution in [1.82, 2.24) is 9.97 Å². The fraction of sp³-hybridized carbons (Fsp3) is 0.154. The maximum absolute atomic E-state index is 10.5. The van der Waals surface area contributed by atoms with E-state index in [2.05, 4.69) is 9.97 Å². The maximum Gasteiger partial charge on any atom is 0.303 e. The summed E-state index contributed by atoms with van der Waals surface area (Å²) >= 11 is 6.06. The van der Waals surface area contributed by atoms with Gasteiger partial charge in [0.15, 0.2) is 5.82 Å². The summed E-state index contributed by atoms with van der Waals surface area (Å²) in [4.78, 5) is 19.0. The minimum Gasteiger partial charge on any atom is -0.481 e. The Kier molecular flexibility index (Phi) is 3.89. The monoisotopic (exact) mass is 262 g/mol. The first-order valence-corrected chi connectivity index (χ1v) is 5.83. The summed E-state index contributed by atoms with van der Waals surface area (Å²) in [6, 6.07) is 9.00. The van der Waals surface area contributed by atoms with E-state index in [1.54, 1.807) is 18.3 Å². The Balaban J connectivity index is 2.27. The van der Waals surface area contributed by atoms with E-state index in [9.17, 15) is 4.79 Å². The van der Waals surface area contributed by atoms with Gasteiger partial charge in [0.25, 0.3) is 0 Å². The third kappa shape index (κ3) is 3.05. The summed E-state index contributed by atoms with van der Waals surface area (Å²) in [6.45, 7) is 0. The van der Waals surface area contributed by atoms with E-state index in [1.165, 1.54) is 0 Å². The minimum atomic E-state index is -0.840. The van der Waals surface area contributed by atoms with Gasteiger partial charge in [-0.05, 0) is 18.2 Å². The molecule has 1 N–H and O–H groups in total. The number of hydrogen-bond acceptors (Lipinski definition) is 3. The highest BCUT2D eigenvalue weighted by atomic mass is 35.5. The number of nitrogens with zero attached hydrogens (tertiary/aromatic N) is 2. The van der Waals surface area contributed by atoms with Gasteiger partial charge in [0.2, 0.25) is 0 Å². The van der Waals surface area contributed by atoms with Crippen molar-refractivity contribution in [3.8, 4) is 11.4 Å². The lowest BCUT2D eigenvalue weighted by atomic mass is 10.2. The number of rotatable bonds is 4. The van der Waals surface area contributed by atoms with Crippen LogP contribution in [0, 0.1) is 0 Å². The molecule has 0 radical (unpaired) electrons. The van der Waals surface area contributed by atoms with Gasteiger partial charge in [0.05, 0.1) is 11.4 Å². The molecular weight excluding hydrogens is 252 g/mol. The molecule has 0 spiro atoms. The van der Waals surface area contributed by atoms with Gasteiger partial charge >= 0.3 is 5.97 Å². The molecule has 4 nitrogen and oxygen atoms in total.